The van der Waals surface area contributed by atoms with Gasteiger partial charge in [-0.2, -0.15) is 0 Å². The van der Waals surface area contributed by atoms with Gasteiger partial charge in [-0.15, -0.1) is 11.3 Å². The quantitative estimate of drug-likeness (QED) is 0.171. The van der Waals surface area contributed by atoms with Gasteiger partial charge in [-0.05, 0) is 68.1 Å². The monoisotopic (exact) mass is 667 g/mol. The number of aromatic nitrogens is 3. The predicted molar refractivity (Wildman–Crippen MR) is 215 cm³/mol. The Bertz CT molecular complexity index is 2930. The van der Waals surface area contributed by atoms with Gasteiger partial charge >= 0.3 is 0 Å². The van der Waals surface area contributed by atoms with Crippen LogP contribution in [-0.2, 0) is 0 Å². The average molecular weight is 668 g/mol. The Morgan fingerprint density at radius 2 is 0.882 bits per heavy atom. The molecular weight excluding hydrogens is 639 g/mol. The van der Waals surface area contributed by atoms with E-state index in [0.29, 0.717) is 17.5 Å². The summed E-state index contributed by atoms with van der Waals surface area (Å²) in [7, 11) is 0. The highest BCUT2D eigenvalue weighted by Gasteiger charge is 2.20. The van der Waals surface area contributed by atoms with Crippen LogP contribution in [0.3, 0.4) is 0 Å². The largest absolute Gasteiger partial charge is 0.208 e. The maximum Gasteiger partial charge on any atom is 0.165 e. The van der Waals surface area contributed by atoms with Crippen LogP contribution in [0.4, 0.5) is 0 Å². The summed E-state index contributed by atoms with van der Waals surface area (Å²) in [6, 6.07) is 62.1. The van der Waals surface area contributed by atoms with Crippen molar-refractivity contribution in [3.63, 3.8) is 0 Å². The highest BCUT2D eigenvalue weighted by Crippen LogP contribution is 2.42. The Kier molecular flexibility index (Phi) is 7.00. The van der Waals surface area contributed by atoms with Gasteiger partial charge in [0.2, 0.25) is 0 Å². The number of fused-ring (bicyclic) bond motifs is 6. The Hall–Kier alpha value is -6.49. The van der Waals surface area contributed by atoms with E-state index in [2.05, 4.69) is 170 Å². The molecule has 0 atom stereocenters. The fourth-order valence-corrected chi connectivity index (χ4v) is 8.54. The summed E-state index contributed by atoms with van der Waals surface area (Å²) in [4.78, 5) is 15.8. The average Bonchev–Trinajstić information content (AvgIpc) is 3.60. The van der Waals surface area contributed by atoms with E-state index in [-0.39, 0.29) is 0 Å². The zero-order chi connectivity index (χ0) is 33.7. The number of benzene rings is 8. The van der Waals surface area contributed by atoms with Crippen LogP contribution in [0.2, 0.25) is 0 Å². The molecule has 0 aliphatic carbocycles. The zero-order valence-electron chi connectivity index (χ0n) is 27.5. The molecule has 0 aliphatic rings. The summed E-state index contributed by atoms with van der Waals surface area (Å²) in [6.07, 6.45) is 0. The minimum absolute atomic E-state index is 0.643. The first kappa shape index (κ1) is 29.4. The minimum atomic E-state index is 0.643. The van der Waals surface area contributed by atoms with E-state index in [1.807, 2.05) is 6.07 Å². The number of nitrogens with zero attached hydrogens (tertiary/aromatic N) is 3. The number of hydrogen-bond acceptors (Lipinski definition) is 4. The van der Waals surface area contributed by atoms with Crippen molar-refractivity contribution in [2.45, 2.75) is 0 Å². The van der Waals surface area contributed by atoms with Crippen molar-refractivity contribution >= 4 is 53.1 Å². The second kappa shape index (κ2) is 12.1. The molecule has 51 heavy (non-hydrogen) atoms. The SMILES string of the molecule is c1ccc(-c2cccc(-c3nc(-c4ccccc4-c4cc5ccccc5c5ccccc45)nc(-c4cccc5c4sc4ccccc45)n3)c2)cc1. The molecule has 3 nitrogen and oxygen atoms in total. The van der Waals surface area contributed by atoms with Gasteiger partial charge in [-0.3, -0.25) is 0 Å². The lowest BCUT2D eigenvalue weighted by atomic mass is 9.91. The third-order valence-electron chi connectivity index (χ3n) is 9.73. The molecule has 0 aliphatic heterocycles. The van der Waals surface area contributed by atoms with E-state index >= 15 is 0 Å². The van der Waals surface area contributed by atoms with E-state index in [0.717, 1.165) is 38.9 Å². The fraction of sp³-hybridized carbons (Fsp3) is 0. The molecule has 0 unspecified atom stereocenters. The van der Waals surface area contributed by atoms with Crippen molar-refractivity contribution in [3.8, 4) is 56.4 Å². The van der Waals surface area contributed by atoms with E-state index in [4.69, 9.17) is 15.0 Å². The second-order valence-corrected chi connectivity index (χ2v) is 13.8. The molecule has 2 heterocycles. The summed E-state index contributed by atoms with van der Waals surface area (Å²) in [5.41, 5.74) is 7.42. The Morgan fingerprint density at radius 1 is 0.314 bits per heavy atom. The molecule has 238 valence electrons. The summed E-state index contributed by atoms with van der Waals surface area (Å²) in [5, 5.41) is 7.33. The van der Waals surface area contributed by atoms with E-state index in [1.54, 1.807) is 11.3 Å². The van der Waals surface area contributed by atoms with E-state index in [9.17, 15) is 0 Å². The topological polar surface area (TPSA) is 38.7 Å². The molecule has 2 aromatic heterocycles. The molecule has 0 bridgehead atoms. The molecule has 0 saturated carbocycles. The summed E-state index contributed by atoms with van der Waals surface area (Å²) < 4.78 is 2.42. The molecule has 4 heteroatoms. The van der Waals surface area contributed by atoms with Gasteiger partial charge in [0.15, 0.2) is 17.5 Å². The lowest BCUT2D eigenvalue weighted by Crippen LogP contribution is -2.01. The number of hydrogen-bond donors (Lipinski definition) is 0. The van der Waals surface area contributed by atoms with Gasteiger partial charge in [0.05, 0.1) is 0 Å². The lowest BCUT2D eigenvalue weighted by molar-refractivity contribution is 1.08. The first-order valence-corrected chi connectivity index (χ1v) is 17.9. The zero-order valence-corrected chi connectivity index (χ0v) is 28.3. The molecule has 0 fully saturated rings. The van der Waals surface area contributed by atoms with Crippen LogP contribution in [0.5, 0.6) is 0 Å². The van der Waals surface area contributed by atoms with Gasteiger partial charge < -0.3 is 0 Å². The van der Waals surface area contributed by atoms with Gasteiger partial charge in [0.25, 0.3) is 0 Å². The van der Waals surface area contributed by atoms with E-state index < -0.39 is 0 Å². The first-order chi connectivity index (χ1) is 25.3. The fourth-order valence-electron chi connectivity index (χ4n) is 7.33. The molecule has 0 spiro atoms. The van der Waals surface area contributed by atoms with Crippen molar-refractivity contribution in [2.75, 3.05) is 0 Å². The van der Waals surface area contributed by atoms with Crippen LogP contribution in [0, 0.1) is 0 Å². The van der Waals surface area contributed by atoms with Crippen molar-refractivity contribution in [2.24, 2.45) is 0 Å². The van der Waals surface area contributed by atoms with Crippen LogP contribution in [0.1, 0.15) is 0 Å². The molecule has 0 radical (unpaired) electrons. The van der Waals surface area contributed by atoms with Gasteiger partial charge in [0, 0.05) is 36.9 Å². The molecule has 10 rings (SSSR count). The summed E-state index contributed by atoms with van der Waals surface area (Å²) in [6.45, 7) is 0. The van der Waals surface area contributed by atoms with Gasteiger partial charge in [0.1, 0.15) is 0 Å². The van der Waals surface area contributed by atoms with Crippen molar-refractivity contribution < 1.29 is 0 Å². The maximum atomic E-state index is 5.31. The third-order valence-corrected chi connectivity index (χ3v) is 11.0. The van der Waals surface area contributed by atoms with E-state index in [1.165, 1.54) is 41.7 Å². The third kappa shape index (κ3) is 5.08. The molecule has 0 amide bonds. The highest BCUT2D eigenvalue weighted by atomic mass is 32.1. The maximum absolute atomic E-state index is 5.31. The lowest BCUT2D eigenvalue weighted by Gasteiger charge is -2.15. The van der Waals surface area contributed by atoms with Gasteiger partial charge in [-0.1, -0.05) is 152 Å². The normalized spacial score (nSPS) is 11.5. The molecule has 0 N–H and O–H groups in total. The van der Waals surface area contributed by atoms with Crippen LogP contribution < -0.4 is 0 Å². The smallest absolute Gasteiger partial charge is 0.165 e. The van der Waals surface area contributed by atoms with Gasteiger partial charge in [-0.25, -0.2) is 15.0 Å². The molecule has 8 aromatic carbocycles. The van der Waals surface area contributed by atoms with Crippen LogP contribution in [0.25, 0.3) is 98.1 Å². The Balaban J connectivity index is 1.24. The summed E-state index contributed by atoms with van der Waals surface area (Å²) in [5.74, 6) is 1.95. The Labute approximate surface area is 299 Å². The highest BCUT2D eigenvalue weighted by molar-refractivity contribution is 7.26. The molecular formula is C47H29N3S. The van der Waals surface area contributed by atoms with Crippen LogP contribution in [-0.4, -0.2) is 15.0 Å². The second-order valence-electron chi connectivity index (χ2n) is 12.8. The first-order valence-electron chi connectivity index (χ1n) is 17.1. The molecule has 10 aromatic rings. The standard InChI is InChI=1S/C47H29N3S/c1-2-14-30(15-3-1)31-17-12-18-33(28-31)45-48-46(50-47(49-45)41-26-13-25-39-38-23-10-11-27-43(38)51-44(39)41)40-24-9-8-22-37(40)42-29-32-16-4-5-19-34(32)35-20-6-7-21-36(35)42/h1-29H. The Morgan fingerprint density at radius 3 is 1.75 bits per heavy atom. The van der Waals surface area contributed by atoms with Crippen molar-refractivity contribution in [1.29, 1.82) is 0 Å². The number of rotatable bonds is 5. The van der Waals surface area contributed by atoms with Crippen molar-refractivity contribution in [1.82, 2.24) is 15.0 Å². The number of thiophene rings is 1. The van der Waals surface area contributed by atoms with Crippen LogP contribution >= 0.6 is 11.3 Å². The minimum Gasteiger partial charge on any atom is -0.208 e. The predicted octanol–water partition coefficient (Wildman–Crippen LogP) is 12.9. The molecule has 0 saturated heterocycles. The van der Waals surface area contributed by atoms with Crippen LogP contribution in [0.15, 0.2) is 176 Å². The summed E-state index contributed by atoms with van der Waals surface area (Å²) >= 11 is 1.79. The van der Waals surface area contributed by atoms with Crippen molar-refractivity contribution in [3.05, 3.63) is 176 Å².